The van der Waals surface area contributed by atoms with Crippen LogP contribution in [0.4, 0.5) is 5.82 Å². The van der Waals surface area contributed by atoms with Crippen molar-refractivity contribution < 1.29 is 10.2 Å². The molecule has 4 aromatic rings. The van der Waals surface area contributed by atoms with Crippen LogP contribution in [0.3, 0.4) is 0 Å². The molecule has 0 aliphatic carbocycles. The number of nitrogens with two attached hydrogens (primary N) is 1. The number of nitrogen functional groups attached to an aromatic ring is 1. The molecule has 2 heterocycles. The van der Waals surface area contributed by atoms with Crippen LogP contribution in [0.25, 0.3) is 33.1 Å². The van der Waals surface area contributed by atoms with Gasteiger partial charge in [-0.3, -0.25) is 0 Å². The lowest BCUT2D eigenvalue weighted by atomic mass is 10.0. The second kappa shape index (κ2) is 6.07. The Bertz CT molecular complexity index is 1070. The van der Waals surface area contributed by atoms with Gasteiger partial charge in [0.2, 0.25) is 0 Å². The molecule has 25 heavy (non-hydrogen) atoms. The Balaban J connectivity index is 1.89. The number of fused-ring (bicyclic) bond motifs is 3. The number of rotatable bonds is 4. The quantitative estimate of drug-likeness (QED) is 0.459. The molecule has 0 saturated heterocycles. The van der Waals surface area contributed by atoms with Gasteiger partial charge in [0.15, 0.2) is 0 Å². The predicted octanol–water partition coefficient (Wildman–Crippen LogP) is 2.99. The van der Waals surface area contributed by atoms with Gasteiger partial charge in [-0.25, -0.2) is 9.97 Å². The standard InChI is InChI=1S/C19H18N4O2/c20-19-18-17(22-16(23-18)6-3-9-24)13-8-7-11(10-14(13)21-19)12-4-1-2-5-15(12)25/h1-2,4-5,7-8,10,24-25H,3,6,9H2,(H2,20,21)(H,22,23). The van der Waals surface area contributed by atoms with Gasteiger partial charge in [0, 0.05) is 24.0 Å². The average Bonchev–Trinajstić information content (AvgIpc) is 3.05. The van der Waals surface area contributed by atoms with Gasteiger partial charge in [0.25, 0.3) is 0 Å². The van der Waals surface area contributed by atoms with E-state index in [9.17, 15) is 5.11 Å². The SMILES string of the molecule is Nc1nc2cc(-c3ccccc3O)ccc2c2nc(CCCO)[nH]c12. The number of hydrogen-bond donors (Lipinski definition) is 4. The molecule has 6 heteroatoms. The van der Waals surface area contributed by atoms with E-state index >= 15 is 0 Å². The second-order valence-corrected chi connectivity index (χ2v) is 5.98. The molecule has 0 spiro atoms. The third-order valence-corrected chi connectivity index (χ3v) is 4.29. The maximum atomic E-state index is 10.1. The number of anilines is 1. The number of nitrogens with one attached hydrogen (secondary N) is 1. The summed E-state index contributed by atoms with van der Waals surface area (Å²) in [6, 6.07) is 13.0. The Morgan fingerprint density at radius 2 is 1.92 bits per heavy atom. The number of aromatic amines is 1. The number of para-hydroxylation sites is 1. The number of phenols is 1. The molecule has 0 radical (unpaired) electrons. The van der Waals surface area contributed by atoms with E-state index in [1.54, 1.807) is 12.1 Å². The molecule has 126 valence electrons. The van der Waals surface area contributed by atoms with Crippen LogP contribution in [0.1, 0.15) is 12.2 Å². The lowest BCUT2D eigenvalue weighted by Crippen LogP contribution is -1.93. The Hall–Kier alpha value is -3.12. The van der Waals surface area contributed by atoms with Gasteiger partial charge < -0.3 is 20.9 Å². The topological polar surface area (TPSA) is 108 Å². The van der Waals surface area contributed by atoms with Crippen molar-refractivity contribution in [2.24, 2.45) is 0 Å². The lowest BCUT2D eigenvalue weighted by Gasteiger charge is -2.07. The molecule has 0 aliphatic rings. The molecule has 4 rings (SSSR count). The summed E-state index contributed by atoms with van der Waals surface area (Å²) in [5.41, 5.74) is 9.94. The van der Waals surface area contributed by atoms with E-state index < -0.39 is 0 Å². The Labute approximate surface area is 144 Å². The number of imidazole rings is 1. The first-order valence-electron chi connectivity index (χ1n) is 8.14. The molecule has 0 aliphatic heterocycles. The van der Waals surface area contributed by atoms with Crippen molar-refractivity contribution in [3.63, 3.8) is 0 Å². The van der Waals surface area contributed by atoms with Crippen molar-refractivity contribution in [1.82, 2.24) is 15.0 Å². The first-order valence-corrected chi connectivity index (χ1v) is 8.14. The molecule has 5 N–H and O–H groups in total. The van der Waals surface area contributed by atoms with Gasteiger partial charge in [-0.2, -0.15) is 0 Å². The maximum Gasteiger partial charge on any atom is 0.150 e. The van der Waals surface area contributed by atoms with Crippen molar-refractivity contribution in [2.45, 2.75) is 12.8 Å². The van der Waals surface area contributed by atoms with Crippen molar-refractivity contribution in [2.75, 3.05) is 12.3 Å². The van der Waals surface area contributed by atoms with Gasteiger partial charge in [-0.15, -0.1) is 0 Å². The van der Waals surface area contributed by atoms with Gasteiger partial charge in [0.1, 0.15) is 28.4 Å². The molecule has 0 unspecified atom stereocenters. The zero-order chi connectivity index (χ0) is 17.4. The molecule has 2 aromatic heterocycles. The van der Waals surface area contributed by atoms with Gasteiger partial charge >= 0.3 is 0 Å². The zero-order valence-corrected chi connectivity index (χ0v) is 13.5. The minimum Gasteiger partial charge on any atom is -0.507 e. The molecule has 2 aromatic carbocycles. The van der Waals surface area contributed by atoms with Gasteiger partial charge in [0.05, 0.1) is 5.52 Å². The van der Waals surface area contributed by atoms with Crippen molar-refractivity contribution in [3.8, 4) is 16.9 Å². The summed E-state index contributed by atoms with van der Waals surface area (Å²) in [7, 11) is 0. The fraction of sp³-hybridized carbons (Fsp3) is 0.158. The Kier molecular flexibility index (Phi) is 3.74. The number of aromatic hydroxyl groups is 1. The van der Waals surface area contributed by atoms with Crippen LogP contribution < -0.4 is 5.73 Å². The van der Waals surface area contributed by atoms with Crippen LogP contribution in [0.5, 0.6) is 5.75 Å². The maximum absolute atomic E-state index is 10.1. The van der Waals surface area contributed by atoms with Gasteiger partial charge in [-0.1, -0.05) is 24.3 Å². The Morgan fingerprint density at radius 1 is 1.08 bits per heavy atom. The highest BCUT2D eigenvalue weighted by atomic mass is 16.3. The minimum absolute atomic E-state index is 0.120. The smallest absolute Gasteiger partial charge is 0.150 e. The molecule has 0 amide bonds. The Morgan fingerprint density at radius 3 is 2.72 bits per heavy atom. The number of aliphatic hydroxyl groups excluding tert-OH is 1. The molecular weight excluding hydrogens is 316 g/mol. The molecule has 0 fully saturated rings. The first-order chi connectivity index (χ1) is 12.2. The van der Waals surface area contributed by atoms with E-state index in [1.807, 2.05) is 30.3 Å². The summed E-state index contributed by atoms with van der Waals surface area (Å²) in [5.74, 6) is 1.40. The summed E-state index contributed by atoms with van der Waals surface area (Å²) < 4.78 is 0. The fourth-order valence-corrected chi connectivity index (χ4v) is 3.06. The van der Waals surface area contributed by atoms with Crippen LogP contribution in [-0.2, 0) is 6.42 Å². The number of aromatic nitrogens is 3. The molecule has 0 atom stereocenters. The summed E-state index contributed by atoms with van der Waals surface area (Å²) >= 11 is 0. The summed E-state index contributed by atoms with van der Waals surface area (Å²) in [5, 5.41) is 20.0. The highest BCUT2D eigenvalue weighted by Gasteiger charge is 2.13. The number of pyridine rings is 1. The second-order valence-electron chi connectivity index (χ2n) is 5.98. The average molecular weight is 334 g/mol. The highest BCUT2D eigenvalue weighted by molar-refractivity contribution is 6.07. The minimum atomic E-state index is 0.120. The van der Waals surface area contributed by atoms with E-state index in [1.165, 1.54) is 0 Å². The zero-order valence-electron chi connectivity index (χ0n) is 13.5. The first kappa shape index (κ1) is 15.4. The highest BCUT2D eigenvalue weighted by Crippen LogP contribution is 2.33. The number of benzene rings is 2. The third-order valence-electron chi connectivity index (χ3n) is 4.29. The van der Waals surface area contributed by atoms with E-state index in [-0.39, 0.29) is 12.4 Å². The number of phenolic OH excluding ortho intramolecular Hbond substituents is 1. The summed E-state index contributed by atoms with van der Waals surface area (Å²) in [6.07, 6.45) is 1.30. The predicted molar refractivity (Wildman–Crippen MR) is 98.3 cm³/mol. The van der Waals surface area contributed by atoms with E-state index in [0.29, 0.717) is 18.7 Å². The fourth-order valence-electron chi connectivity index (χ4n) is 3.06. The van der Waals surface area contributed by atoms with Crippen LogP contribution in [0, 0.1) is 0 Å². The van der Waals surface area contributed by atoms with Gasteiger partial charge in [-0.05, 0) is 30.2 Å². The van der Waals surface area contributed by atoms with Crippen LogP contribution in [0.15, 0.2) is 42.5 Å². The van der Waals surface area contributed by atoms with Crippen LogP contribution in [0.2, 0.25) is 0 Å². The number of aryl methyl sites for hydroxylation is 1. The van der Waals surface area contributed by atoms with E-state index in [2.05, 4.69) is 15.0 Å². The number of aliphatic hydroxyl groups is 1. The summed E-state index contributed by atoms with van der Waals surface area (Å²) in [4.78, 5) is 12.3. The van der Waals surface area contributed by atoms with E-state index in [0.717, 1.165) is 38.9 Å². The normalized spacial score (nSPS) is 11.4. The van der Waals surface area contributed by atoms with Crippen LogP contribution >= 0.6 is 0 Å². The molecule has 6 nitrogen and oxygen atoms in total. The number of H-pyrrole nitrogens is 1. The molecule has 0 saturated carbocycles. The van der Waals surface area contributed by atoms with Crippen molar-refractivity contribution >= 4 is 27.8 Å². The van der Waals surface area contributed by atoms with Crippen molar-refractivity contribution in [1.29, 1.82) is 0 Å². The largest absolute Gasteiger partial charge is 0.507 e. The number of nitrogens with zero attached hydrogens (tertiary/aromatic N) is 2. The third kappa shape index (κ3) is 2.66. The molecular formula is C19H18N4O2. The monoisotopic (exact) mass is 334 g/mol. The lowest BCUT2D eigenvalue weighted by molar-refractivity contribution is 0.287. The van der Waals surface area contributed by atoms with Crippen molar-refractivity contribution in [3.05, 3.63) is 48.3 Å². The summed E-state index contributed by atoms with van der Waals surface area (Å²) in [6.45, 7) is 0.120. The van der Waals surface area contributed by atoms with Crippen LogP contribution in [-0.4, -0.2) is 31.8 Å². The molecule has 0 bridgehead atoms. The van der Waals surface area contributed by atoms with E-state index in [4.69, 9.17) is 10.8 Å². The number of hydrogen-bond acceptors (Lipinski definition) is 5.